The first-order valence-corrected chi connectivity index (χ1v) is 13.2. The molecule has 4 aliphatic carbocycles. The van der Waals surface area contributed by atoms with Crippen LogP contribution >= 0.6 is 11.6 Å². The van der Waals surface area contributed by atoms with E-state index in [1.54, 1.807) is 35.2 Å². The summed E-state index contributed by atoms with van der Waals surface area (Å²) in [4.78, 5) is 44.1. The lowest BCUT2D eigenvalue weighted by Gasteiger charge is -2.57. The number of hydrogen-bond donors (Lipinski definition) is 0. The maximum Gasteiger partial charge on any atom is 0.257 e. The van der Waals surface area contributed by atoms with E-state index in [0.29, 0.717) is 34.0 Å². The molecule has 1 unspecified atom stereocenters. The molecule has 0 radical (unpaired) electrons. The molecule has 5 aliphatic rings. The van der Waals surface area contributed by atoms with Crippen LogP contribution in [0.3, 0.4) is 0 Å². The normalized spacial score (nSPS) is 30.5. The summed E-state index contributed by atoms with van der Waals surface area (Å²) in [7, 11) is 0. The van der Waals surface area contributed by atoms with Crippen molar-refractivity contribution in [3.05, 3.63) is 64.7 Å². The molecule has 1 atom stereocenters. The molecule has 2 aromatic rings. The van der Waals surface area contributed by atoms with Gasteiger partial charge in [-0.1, -0.05) is 29.8 Å². The molecule has 0 spiro atoms. The lowest BCUT2D eigenvalue weighted by atomic mass is 9.49. The Hall–Kier alpha value is -3.17. The fourth-order valence-electron chi connectivity index (χ4n) is 7.63. The van der Waals surface area contributed by atoms with Gasteiger partial charge >= 0.3 is 0 Å². The molecule has 4 bridgehead atoms. The van der Waals surface area contributed by atoms with Crippen molar-refractivity contribution in [3.8, 4) is 6.07 Å². The number of hydrogen-bond acceptors (Lipinski definition) is 4. The number of carbonyl (C=O) groups excluding carboxylic acids is 3. The van der Waals surface area contributed by atoms with Crippen LogP contribution in [-0.4, -0.2) is 28.7 Å². The largest absolute Gasteiger partial charge is 0.325 e. The van der Waals surface area contributed by atoms with Crippen molar-refractivity contribution in [2.24, 2.45) is 23.2 Å². The number of anilines is 1. The predicted octanol–water partition coefficient (Wildman–Crippen LogP) is 5.09. The number of rotatable bonds is 5. The molecular formula is C29H28ClN3O3. The van der Waals surface area contributed by atoms with E-state index in [2.05, 4.69) is 6.07 Å². The Balaban J connectivity index is 1.35. The van der Waals surface area contributed by atoms with Gasteiger partial charge in [-0.3, -0.25) is 14.4 Å². The summed E-state index contributed by atoms with van der Waals surface area (Å²) in [6.07, 6.45) is 6.22. The molecule has 1 saturated heterocycles. The van der Waals surface area contributed by atoms with Gasteiger partial charge in [0.05, 0.1) is 29.2 Å². The summed E-state index contributed by atoms with van der Waals surface area (Å²) < 4.78 is 0. The minimum Gasteiger partial charge on any atom is -0.325 e. The number of halogens is 1. The zero-order valence-electron chi connectivity index (χ0n) is 20.0. The van der Waals surface area contributed by atoms with Crippen LogP contribution in [0.1, 0.15) is 56.1 Å². The maximum absolute atomic E-state index is 14.4. The van der Waals surface area contributed by atoms with E-state index in [-0.39, 0.29) is 24.8 Å². The van der Waals surface area contributed by atoms with Crippen LogP contribution in [0.4, 0.5) is 5.69 Å². The lowest BCUT2D eigenvalue weighted by Crippen LogP contribution is -2.57. The smallest absolute Gasteiger partial charge is 0.257 e. The highest BCUT2D eigenvalue weighted by Crippen LogP contribution is 2.60. The van der Waals surface area contributed by atoms with Gasteiger partial charge < -0.3 is 4.90 Å². The Labute approximate surface area is 215 Å². The first-order chi connectivity index (χ1) is 17.4. The van der Waals surface area contributed by atoms with E-state index >= 15 is 0 Å². The highest BCUT2D eigenvalue weighted by molar-refractivity contribution is 6.31. The standard InChI is InChI=1S/C29H28ClN3O3/c30-24-4-2-1-3-22(24)17-32(28(36)29-13-19-9-20(14-29)11-21(10-19)15-29)25-12-26(34)33(27(25)35)23-7-5-18(16-31)6-8-23/h1-8,19-21,25H,9-15,17H2. The topological polar surface area (TPSA) is 81.5 Å². The molecule has 5 fully saturated rings. The number of nitriles is 1. The summed E-state index contributed by atoms with van der Waals surface area (Å²) in [5.41, 5.74) is 1.20. The fourth-order valence-corrected chi connectivity index (χ4v) is 7.82. The third-order valence-corrected chi connectivity index (χ3v) is 9.17. The zero-order chi connectivity index (χ0) is 25.0. The number of carbonyl (C=O) groups is 3. The summed E-state index contributed by atoms with van der Waals surface area (Å²) in [6, 6.07) is 15.0. The lowest BCUT2D eigenvalue weighted by molar-refractivity contribution is -0.162. The van der Waals surface area contributed by atoms with Crippen molar-refractivity contribution in [2.75, 3.05) is 4.90 Å². The molecule has 0 N–H and O–H groups in total. The molecule has 4 saturated carbocycles. The van der Waals surface area contributed by atoms with Crippen molar-refractivity contribution in [2.45, 2.75) is 57.5 Å². The van der Waals surface area contributed by atoms with Gasteiger partial charge in [0.1, 0.15) is 6.04 Å². The summed E-state index contributed by atoms with van der Waals surface area (Å²) in [5, 5.41) is 9.64. The third kappa shape index (κ3) is 3.81. The average molecular weight is 502 g/mol. The van der Waals surface area contributed by atoms with Crippen molar-refractivity contribution >= 4 is 35.0 Å². The molecule has 0 aromatic heterocycles. The Morgan fingerprint density at radius 3 is 2.19 bits per heavy atom. The molecule has 7 rings (SSSR count). The summed E-state index contributed by atoms with van der Waals surface area (Å²) in [5.74, 6) is 1.02. The maximum atomic E-state index is 14.4. The second-order valence-corrected chi connectivity index (χ2v) is 11.6. The molecule has 184 valence electrons. The number of benzene rings is 2. The Morgan fingerprint density at radius 1 is 1.00 bits per heavy atom. The molecule has 6 nitrogen and oxygen atoms in total. The first kappa shape index (κ1) is 23.2. The van der Waals surface area contributed by atoms with E-state index in [0.717, 1.165) is 24.8 Å². The molecule has 1 heterocycles. The van der Waals surface area contributed by atoms with Gasteiger partial charge in [0, 0.05) is 11.6 Å². The molecule has 1 aliphatic heterocycles. The highest BCUT2D eigenvalue weighted by atomic mass is 35.5. The van der Waals surface area contributed by atoms with E-state index in [1.807, 2.05) is 18.2 Å². The van der Waals surface area contributed by atoms with Crippen LogP contribution in [0.2, 0.25) is 5.02 Å². The summed E-state index contributed by atoms with van der Waals surface area (Å²) >= 11 is 6.49. The first-order valence-electron chi connectivity index (χ1n) is 12.8. The second-order valence-electron chi connectivity index (χ2n) is 11.2. The van der Waals surface area contributed by atoms with Gasteiger partial charge in [-0.25, -0.2) is 4.90 Å². The fraction of sp³-hybridized carbons (Fsp3) is 0.448. The quantitative estimate of drug-likeness (QED) is 0.534. The van der Waals surface area contributed by atoms with Crippen LogP contribution in [0, 0.1) is 34.5 Å². The van der Waals surface area contributed by atoms with Gasteiger partial charge in [0.15, 0.2) is 0 Å². The van der Waals surface area contributed by atoms with Crippen molar-refractivity contribution in [3.63, 3.8) is 0 Å². The van der Waals surface area contributed by atoms with Crippen LogP contribution in [0.25, 0.3) is 0 Å². The number of imide groups is 1. The molecule has 7 heteroatoms. The second kappa shape index (κ2) is 8.74. The van der Waals surface area contributed by atoms with E-state index in [4.69, 9.17) is 16.9 Å². The van der Waals surface area contributed by atoms with Crippen LogP contribution < -0.4 is 4.90 Å². The van der Waals surface area contributed by atoms with Crippen LogP contribution in [-0.2, 0) is 20.9 Å². The Kier molecular flexibility index (Phi) is 5.64. The van der Waals surface area contributed by atoms with E-state index in [9.17, 15) is 14.4 Å². The monoisotopic (exact) mass is 501 g/mol. The average Bonchev–Trinajstić information content (AvgIpc) is 3.15. The minimum atomic E-state index is -0.870. The molecule has 36 heavy (non-hydrogen) atoms. The molecule has 2 aromatic carbocycles. The Bertz CT molecular complexity index is 1250. The van der Waals surface area contributed by atoms with Gasteiger partial charge in [-0.15, -0.1) is 0 Å². The summed E-state index contributed by atoms with van der Waals surface area (Å²) in [6.45, 7) is 0.200. The number of amides is 3. The van der Waals surface area contributed by atoms with Crippen LogP contribution in [0.5, 0.6) is 0 Å². The van der Waals surface area contributed by atoms with Gasteiger partial charge in [0.25, 0.3) is 5.91 Å². The zero-order valence-corrected chi connectivity index (χ0v) is 20.8. The van der Waals surface area contributed by atoms with Gasteiger partial charge in [0.2, 0.25) is 11.8 Å². The highest BCUT2D eigenvalue weighted by Gasteiger charge is 2.57. The van der Waals surface area contributed by atoms with Crippen LogP contribution in [0.15, 0.2) is 48.5 Å². The van der Waals surface area contributed by atoms with Gasteiger partial charge in [-0.05, 0) is 92.2 Å². The minimum absolute atomic E-state index is 0.00866. The van der Waals surface area contributed by atoms with E-state index < -0.39 is 17.4 Å². The Morgan fingerprint density at radius 2 is 1.61 bits per heavy atom. The van der Waals surface area contributed by atoms with Gasteiger partial charge in [-0.2, -0.15) is 5.26 Å². The molecule has 3 amide bonds. The SMILES string of the molecule is N#Cc1ccc(N2C(=O)CC(N(Cc3ccccc3Cl)C(=O)C34CC5CC(CC(C5)C3)C4)C2=O)cc1. The van der Waals surface area contributed by atoms with E-state index in [1.165, 1.54) is 24.2 Å². The van der Waals surface area contributed by atoms with Crippen molar-refractivity contribution in [1.29, 1.82) is 5.26 Å². The third-order valence-electron chi connectivity index (χ3n) is 8.80. The van der Waals surface area contributed by atoms with Crippen molar-refractivity contribution < 1.29 is 14.4 Å². The predicted molar refractivity (Wildman–Crippen MR) is 135 cm³/mol. The number of nitrogens with zero attached hydrogens (tertiary/aromatic N) is 3. The molecular weight excluding hydrogens is 474 g/mol. The van der Waals surface area contributed by atoms with Crippen molar-refractivity contribution in [1.82, 2.24) is 4.90 Å².